The van der Waals surface area contributed by atoms with Crippen molar-refractivity contribution in [1.29, 1.82) is 0 Å². The van der Waals surface area contributed by atoms with Crippen molar-refractivity contribution in [1.82, 2.24) is 25.2 Å². The van der Waals surface area contributed by atoms with Crippen LogP contribution in [0.25, 0.3) is 11.0 Å². The van der Waals surface area contributed by atoms with E-state index in [0.717, 1.165) is 11.1 Å². The highest BCUT2D eigenvalue weighted by Gasteiger charge is 2.18. The smallest absolute Gasteiger partial charge is 0.254 e. The zero-order valence-corrected chi connectivity index (χ0v) is 15.9. The number of aromatic nitrogens is 3. The molecule has 0 atom stereocenters. The summed E-state index contributed by atoms with van der Waals surface area (Å²) in [6, 6.07) is 11.1. The van der Waals surface area contributed by atoms with Crippen LogP contribution in [-0.2, 0) is 17.9 Å². The third-order valence-electron chi connectivity index (χ3n) is 4.47. The molecule has 146 valence electrons. The fourth-order valence-corrected chi connectivity index (χ4v) is 2.88. The number of likely N-dealkylation sites (N-methyl/N-ethyl adjacent to an activating group) is 1. The maximum atomic E-state index is 12.9. The molecular formula is C20H22FN5O2. The van der Waals surface area contributed by atoms with Crippen molar-refractivity contribution in [2.75, 3.05) is 13.1 Å². The molecule has 2 aromatic carbocycles. The van der Waals surface area contributed by atoms with Gasteiger partial charge in [-0.2, -0.15) is 0 Å². The highest BCUT2D eigenvalue weighted by molar-refractivity contribution is 5.99. The van der Waals surface area contributed by atoms with E-state index in [4.69, 9.17) is 0 Å². The number of fused-ring (bicyclic) bond motifs is 1. The zero-order chi connectivity index (χ0) is 20.1. The van der Waals surface area contributed by atoms with Crippen molar-refractivity contribution >= 4 is 22.8 Å². The minimum absolute atomic E-state index is 0.0593. The van der Waals surface area contributed by atoms with E-state index in [1.165, 1.54) is 17.0 Å². The minimum Gasteiger partial charge on any atom is -0.350 e. The van der Waals surface area contributed by atoms with E-state index in [-0.39, 0.29) is 30.7 Å². The fourth-order valence-electron chi connectivity index (χ4n) is 2.88. The van der Waals surface area contributed by atoms with Crippen molar-refractivity contribution in [2.45, 2.75) is 26.9 Å². The number of rotatable bonds is 7. The van der Waals surface area contributed by atoms with Crippen LogP contribution in [0.4, 0.5) is 4.39 Å². The molecule has 0 aliphatic carbocycles. The summed E-state index contributed by atoms with van der Waals surface area (Å²) in [5.74, 6) is -0.848. The van der Waals surface area contributed by atoms with Gasteiger partial charge in [-0.15, -0.1) is 5.10 Å². The second-order valence-electron chi connectivity index (χ2n) is 6.33. The molecule has 0 spiro atoms. The first kappa shape index (κ1) is 19.5. The van der Waals surface area contributed by atoms with Crippen LogP contribution in [0.3, 0.4) is 0 Å². The second-order valence-corrected chi connectivity index (χ2v) is 6.33. The standard InChI is InChI=1S/C20H22FN5O2/c1-3-25(13-19(27)22-12-14-5-8-16(21)9-6-14)20(28)15-7-10-18-17(11-15)23-24-26(18)4-2/h5-11H,3-4,12-13H2,1-2H3,(H,22,27). The van der Waals surface area contributed by atoms with Crippen LogP contribution in [0.2, 0.25) is 0 Å². The largest absolute Gasteiger partial charge is 0.350 e. The first-order valence-corrected chi connectivity index (χ1v) is 9.15. The van der Waals surface area contributed by atoms with E-state index < -0.39 is 0 Å². The molecule has 0 unspecified atom stereocenters. The third kappa shape index (κ3) is 4.33. The van der Waals surface area contributed by atoms with Gasteiger partial charge in [0.15, 0.2) is 0 Å². The van der Waals surface area contributed by atoms with Crippen molar-refractivity contribution in [3.05, 3.63) is 59.4 Å². The lowest BCUT2D eigenvalue weighted by Gasteiger charge is -2.20. The predicted molar refractivity (Wildman–Crippen MR) is 103 cm³/mol. The van der Waals surface area contributed by atoms with Gasteiger partial charge < -0.3 is 10.2 Å². The van der Waals surface area contributed by atoms with Gasteiger partial charge in [-0.3, -0.25) is 9.59 Å². The second kappa shape index (κ2) is 8.60. The SMILES string of the molecule is CCN(CC(=O)NCc1ccc(F)cc1)C(=O)c1ccc2c(c1)nnn2CC. The van der Waals surface area contributed by atoms with E-state index >= 15 is 0 Å². The first-order valence-electron chi connectivity index (χ1n) is 9.15. The molecular weight excluding hydrogens is 361 g/mol. The summed E-state index contributed by atoms with van der Waals surface area (Å²) >= 11 is 0. The normalized spacial score (nSPS) is 10.8. The third-order valence-corrected chi connectivity index (χ3v) is 4.47. The maximum absolute atomic E-state index is 12.9. The summed E-state index contributed by atoms with van der Waals surface area (Å²) in [5.41, 5.74) is 2.75. The molecule has 0 aliphatic rings. The van der Waals surface area contributed by atoms with Gasteiger partial charge in [0.2, 0.25) is 5.91 Å². The van der Waals surface area contributed by atoms with E-state index in [9.17, 15) is 14.0 Å². The number of aryl methyl sites for hydroxylation is 1. The molecule has 28 heavy (non-hydrogen) atoms. The van der Waals surface area contributed by atoms with Gasteiger partial charge >= 0.3 is 0 Å². The number of benzene rings is 2. The van der Waals surface area contributed by atoms with Gasteiger partial charge in [0.25, 0.3) is 5.91 Å². The number of carbonyl (C=O) groups excluding carboxylic acids is 2. The Bertz CT molecular complexity index is 984. The van der Waals surface area contributed by atoms with Crippen molar-refractivity contribution in [3.8, 4) is 0 Å². The van der Waals surface area contributed by atoms with Crippen LogP contribution in [0, 0.1) is 5.82 Å². The molecule has 7 nitrogen and oxygen atoms in total. The van der Waals surface area contributed by atoms with Gasteiger partial charge in [0.1, 0.15) is 11.3 Å². The zero-order valence-electron chi connectivity index (χ0n) is 15.9. The Balaban J connectivity index is 1.64. The Labute approximate surface area is 162 Å². The number of nitrogens with one attached hydrogen (secondary N) is 1. The van der Waals surface area contributed by atoms with Crippen LogP contribution in [0.1, 0.15) is 29.8 Å². The summed E-state index contributed by atoms with van der Waals surface area (Å²) in [6.45, 7) is 5.09. The van der Waals surface area contributed by atoms with Crippen LogP contribution < -0.4 is 5.32 Å². The number of hydrogen-bond donors (Lipinski definition) is 1. The van der Waals surface area contributed by atoms with Gasteiger partial charge in [0.05, 0.1) is 12.1 Å². The summed E-state index contributed by atoms with van der Waals surface area (Å²) in [4.78, 5) is 26.5. The number of amides is 2. The summed E-state index contributed by atoms with van der Waals surface area (Å²) in [6.07, 6.45) is 0. The molecule has 0 saturated heterocycles. The maximum Gasteiger partial charge on any atom is 0.254 e. The van der Waals surface area contributed by atoms with Crippen LogP contribution in [0.15, 0.2) is 42.5 Å². The van der Waals surface area contributed by atoms with Crippen molar-refractivity contribution < 1.29 is 14.0 Å². The Morgan fingerprint density at radius 1 is 1.14 bits per heavy atom. The first-order chi connectivity index (χ1) is 13.5. The monoisotopic (exact) mass is 383 g/mol. The topological polar surface area (TPSA) is 80.1 Å². The predicted octanol–water partition coefficient (Wildman–Crippen LogP) is 2.37. The van der Waals surface area contributed by atoms with Gasteiger partial charge in [-0.05, 0) is 49.7 Å². The molecule has 1 aromatic heterocycles. The number of halogens is 1. The van der Waals surface area contributed by atoms with Gasteiger partial charge in [-0.1, -0.05) is 17.3 Å². The minimum atomic E-state index is -0.325. The molecule has 0 saturated carbocycles. The Hall–Kier alpha value is -3.29. The lowest BCUT2D eigenvalue weighted by Crippen LogP contribution is -2.40. The summed E-state index contributed by atoms with van der Waals surface area (Å²) < 4.78 is 14.7. The Morgan fingerprint density at radius 2 is 1.89 bits per heavy atom. The quantitative estimate of drug-likeness (QED) is 0.679. The highest BCUT2D eigenvalue weighted by Crippen LogP contribution is 2.15. The molecule has 0 fully saturated rings. The van der Waals surface area contributed by atoms with Crippen LogP contribution >= 0.6 is 0 Å². The summed E-state index contributed by atoms with van der Waals surface area (Å²) in [7, 11) is 0. The molecule has 1 N–H and O–H groups in total. The Morgan fingerprint density at radius 3 is 2.57 bits per heavy atom. The van der Waals surface area contributed by atoms with Gasteiger partial charge in [0, 0.05) is 25.2 Å². The van der Waals surface area contributed by atoms with E-state index in [0.29, 0.717) is 24.2 Å². The Kier molecular flexibility index (Phi) is 5.98. The van der Waals surface area contributed by atoms with Crippen LogP contribution in [-0.4, -0.2) is 44.8 Å². The molecule has 8 heteroatoms. The molecule has 3 rings (SSSR count). The lowest BCUT2D eigenvalue weighted by molar-refractivity contribution is -0.121. The number of hydrogen-bond acceptors (Lipinski definition) is 4. The van der Waals surface area contributed by atoms with Crippen molar-refractivity contribution in [2.24, 2.45) is 0 Å². The van der Waals surface area contributed by atoms with Crippen LogP contribution in [0.5, 0.6) is 0 Å². The average Bonchev–Trinajstić information content (AvgIpc) is 3.13. The van der Waals surface area contributed by atoms with E-state index in [1.54, 1.807) is 28.9 Å². The molecule has 2 amide bonds. The molecule has 3 aromatic rings. The highest BCUT2D eigenvalue weighted by atomic mass is 19.1. The molecule has 0 radical (unpaired) electrons. The average molecular weight is 383 g/mol. The van der Waals surface area contributed by atoms with Gasteiger partial charge in [-0.25, -0.2) is 9.07 Å². The van der Waals surface area contributed by atoms with Crippen molar-refractivity contribution in [3.63, 3.8) is 0 Å². The molecule has 0 aliphatic heterocycles. The van der Waals surface area contributed by atoms with E-state index in [1.807, 2.05) is 19.9 Å². The van der Waals surface area contributed by atoms with E-state index in [2.05, 4.69) is 15.6 Å². The molecule has 1 heterocycles. The number of carbonyl (C=O) groups is 2. The molecule has 0 bridgehead atoms. The lowest BCUT2D eigenvalue weighted by atomic mass is 10.1. The summed E-state index contributed by atoms with van der Waals surface area (Å²) in [5, 5.41) is 10.9. The number of nitrogens with zero attached hydrogens (tertiary/aromatic N) is 4. The fraction of sp³-hybridized carbons (Fsp3) is 0.300.